The minimum absolute atomic E-state index is 0.398. The fraction of sp³-hybridized carbons (Fsp3) is 0.417. The van der Waals surface area contributed by atoms with Crippen LogP contribution in [0, 0.1) is 5.92 Å². The molecule has 0 amide bonds. The Hall–Kier alpha value is -1.33. The first-order valence-electron chi connectivity index (χ1n) is 6.04. The number of tetrazole rings is 1. The standard InChI is InChI=1S/C12H15Cl2N5/c1-3-7(2)6-19-12(16-17-18-19)9-4-8(15)5-10(13)11(9)14/h4-5,7H,3,6,15H2,1-2H3. The van der Waals surface area contributed by atoms with E-state index in [2.05, 4.69) is 29.4 Å². The van der Waals surface area contributed by atoms with Gasteiger partial charge in [0.15, 0.2) is 5.82 Å². The van der Waals surface area contributed by atoms with Gasteiger partial charge in [0.25, 0.3) is 0 Å². The van der Waals surface area contributed by atoms with Crippen molar-refractivity contribution in [3.63, 3.8) is 0 Å². The number of hydrogen-bond donors (Lipinski definition) is 1. The number of rotatable bonds is 4. The van der Waals surface area contributed by atoms with E-state index in [1.54, 1.807) is 16.8 Å². The van der Waals surface area contributed by atoms with Crippen LogP contribution in [-0.2, 0) is 6.54 Å². The number of nitrogens with zero attached hydrogens (tertiary/aromatic N) is 4. The second-order valence-corrected chi connectivity index (χ2v) is 5.35. The third-order valence-corrected chi connectivity index (χ3v) is 3.81. The highest BCUT2D eigenvalue weighted by Crippen LogP contribution is 2.34. The van der Waals surface area contributed by atoms with E-state index in [0.717, 1.165) is 13.0 Å². The second kappa shape index (κ2) is 5.75. The minimum atomic E-state index is 0.398. The van der Waals surface area contributed by atoms with Gasteiger partial charge in [-0.3, -0.25) is 0 Å². The van der Waals surface area contributed by atoms with Gasteiger partial charge in [0.05, 0.1) is 10.0 Å². The Balaban J connectivity index is 2.45. The van der Waals surface area contributed by atoms with Gasteiger partial charge in [-0.15, -0.1) is 5.10 Å². The quantitative estimate of drug-likeness (QED) is 0.880. The summed E-state index contributed by atoms with van der Waals surface area (Å²) in [7, 11) is 0. The van der Waals surface area contributed by atoms with Crippen molar-refractivity contribution in [3.05, 3.63) is 22.2 Å². The molecule has 1 aromatic carbocycles. The molecule has 0 aliphatic rings. The molecule has 1 atom stereocenters. The first kappa shape index (κ1) is 14.1. The molecular weight excluding hydrogens is 285 g/mol. The zero-order chi connectivity index (χ0) is 14.0. The molecule has 0 aliphatic carbocycles. The molecule has 102 valence electrons. The van der Waals surface area contributed by atoms with E-state index in [9.17, 15) is 0 Å². The van der Waals surface area contributed by atoms with Crippen LogP contribution >= 0.6 is 23.2 Å². The molecule has 0 spiro atoms. The lowest BCUT2D eigenvalue weighted by atomic mass is 10.1. The third kappa shape index (κ3) is 2.98. The zero-order valence-electron chi connectivity index (χ0n) is 10.8. The number of anilines is 1. The van der Waals surface area contributed by atoms with E-state index in [1.165, 1.54) is 0 Å². The van der Waals surface area contributed by atoms with Crippen LogP contribution in [0.4, 0.5) is 5.69 Å². The molecule has 0 aliphatic heterocycles. The van der Waals surface area contributed by atoms with E-state index >= 15 is 0 Å². The molecule has 1 heterocycles. The summed E-state index contributed by atoms with van der Waals surface area (Å²) in [6.45, 7) is 4.99. The summed E-state index contributed by atoms with van der Waals surface area (Å²) in [5, 5.41) is 12.5. The van der Waals surface area contributed by atoms with Gasteiger partial charge in [-0.1, -0.05) is 43.5 Å². The average molecular weight is 300 g/mol. The van der Waals surface area contributed by atoms with Crippen LogP contribution in [-0.4, -0.2) is 20.2 Å². The van der Waals surface area contributed by atoms with Crippen LogP contribution in [0.25, 0.3) is 11.4 Å². The zero-order valence-corrected chi connectivity index (χ0v) is 12.3. The predicted molar refractivity (Wildman–Crippen MR) is 77.1 cm³/mol. The maximum atomic E-state index is 6.20. The summed E-state index contributed by atoms with van der Waals surface area (Å²) in [6, 6.07) is 3.34. The summed E-state index contributed by atoms with van der Waals surface area (Å²) >= 11 is 12.2. The SMILES string of the molecule is CCC(C)Cn1nnnc1-c1cc(N)cc(Cl)c1Cl. The van der Waals surface area contributed by atoms with E-state index < -0.39 is 0 Å². The Morgan fingerprint density at radius 3 is 2.79 bits per heavy atom. The van der Waals surface area contributed by atoms with Gasteiger partial charge in [0, 0.05) is 17.8 Å². The molecule has 1 unspecified atom stereocenters. The number of benzene rings is 1. The van der Waals surface area contributed by atoms with Gasteiger partial charge < -0.3 is 5.73 Å². The number of nitrogens with two attached hydrogens (primary N) is 1. The van der Waals surface area contributed by atoms with Crippen LogP contribution in [0.5, 0.6) is 0 Å². The molecule has 7 heteroatoms. The molecule has 1 aromatic heterocycles. The van der Waals surface area contributed by atoms with Gasteiger partial charge in [0.2, 0.25) is 0 Å². The maximum Gasteiger partial charge on any atom is 0.183 e. The first-order chi connectivity index (χ1) is 9.02. The molecule has 2 aromatic rings. The fourth-order valence-corrected chi connectivity index (χ4v) is 2.14. The van der Waals surface area contributed by atoms with Crippen molar-refractivity contribution >= 4 is 28.9 Å². The van der Waals surface area contributed by atoms with Gasteiger partial charge in [-0.25, -0.2) is 4.68 Å². The molecule has 2 rings (SSSR count). The van der Waals surface area contributed by atoms with Gasteiger partial charge in [-0.05, 0) is 28.5 Å². The lowest BCUT2D eigenvalue weighted by Gasteiger charge is -2.11. The van der Waals surface area contributed by atoms with Crippen molar-refractivity contribution < 1.29 is 0 Å². The van der Waals surface area contributed by atoms with Crippen molar-refractivity contribution in [2.24, 2.45) is 5.92 Å². The van der Waals surface area contributed by atoms with E-state index in [0.29, 0.717) is 33.0 Å². The van der Waals surface area contributed by atoms with E-state index in [1.807, 2.05) is 0 Å². The fourth-order valence-electron chi connectivity index (χ4n) is 1.72. The Bertz CT molecular complexity index is 581. The minimum Gasteiger partial charge on any atom is -0.399 e. The highest BCUT2D eigenvalue weighted by atomic mass is 35.5. The summed E-state index contributed by atoms with van der Waals surface area (Å²) in [5.41, 5.74) is 6.97. The van der Waals surface area contributed by atoms with Crippen LogP contribution in [0.3, 0.4) is 0 Å². The lowest BCUT2D eigenvalue weighted by molar-refractivity contribution is 0.434. The molecule has 5 nitrogen and oxygen atoms in total. The van der Waals surface area contributed by atoms with Crippen molar-refractivity contribution in [3.8, 4) is 11.4 Å². The Morgan fingerprint density at radius 2 is 2.11 bits per heavy atom. The Kier molecular flexibility index (Phi) is 4.27. The molecule has 0 radical (unpaired) electrons. The number of hydrogen-bond acceptors (Lipinski definition) is 4. The highest BCUT2D eigenvalue weighted by molar-refractivity contribution is 6.43. The van der Waals surface area contributed by atoms with Crippen molar-refractivity contribution in [1.82, 2.24) is 20.2 Å². The van der Waals surface area contributed by atoms with E-state index in [4.69, 9.17) is 28.9 Å². The number of nitrogen functional groups attached to an aromatic ring is 1. The molecular formula is C12H15Cl2N5. The molecule has 2 N–H and O–H groups in total. The summed E-state index contributed by atoms with van der Waals surface area (Å²) in [4.78, 5) is 0. The monoisotopic (exact) mass is 299 g/mol. The number of aromatic nitrogens is 4. The molecule has 0 saturated heterocycles. The van der Waals surface area contributed by atoms with Gasteiger partial charge in [0.1, 0.15) is 0 Å². The second-order valence-electron chi connectivity index (χ2n) is 4.56. The lowest BCUT2D eigenvalue weighted by Crippen LogP contribution is -2.10. The predicted octanol–water partition coefficient (Wildman–Crippen LogP) is 3.28. The maximum absolute atomic E-state index is 6.20. The van der Waals surface area contributed by atoms with Gasteiger partial charge >= 0.3 is 0 Å². The molecule has 0 bridgehead atoms. The van der Waals surface area contributed by atoms with Gasteiger partial charge in [-0.2, -0.15) is 0 Å². The van der Waals surface area contributed by atoms with Crippen LogP contribution in [0.15, 0.2) is 12.1 Å². The largest absolute Gasteiger partial charge is 0.399 e. The van der Waals surface area contributed by atoms with Crippen LogP contribution in [0.2, 0.25) is 10.0 Å². The van der Waals surface area contributed by atoms with E-state index in [-0.39, 0.29) is 0 Å². The molecule has 19 heavy (non-hydrogen) atoms. The van der Waals surface area contributed by atoms with Crippen molar-refractivity contribution in [2.75, 3.05) is 5.73 Å². The third-order valence-electron chi connectivity index (χ3n) is 3.00. The van der Waals surface area contributed by atoms with Crippen molar-refractivity contribution in [1.29, 1.82) is 0 Å². The molecule has 0 fully saturated rings. The summed E-state index contributed by atoms with van der Waals surface area (Å²) < 4.78 is 1.73. The summed E-state index contributed by atoms with van der Waals surface area (Å²) in [5.74, 6) is 1.05. The number of halogens is 2. The average Bonchev–Trinajstić information content (AvgIpc) is 2.81. The highest BCUT2D eigenvalue weighted by Gasteiger charge is 2.16. The Labute approximate surface area is 121 Å². The summed E-state index contributed by atoms with van der Waals surface area (Å²) in [6.07, 6.45) is 1.05. The normalized spacial score (nSPS) is 12.6. The molecule has 0 saturated carbocycles. The van der Waals surface area contributed by atoms with Crippen molar-refractivity contribution in [2.45, 2.75) is 26.8 Å². The van der Waals surface area contributed by atoms with Crippen LogP contribution < -0.4 is 5.73 Å². The van der Waals surface area contributed by atoms with Crippen LogP contribution in [0.1, 0.15) is 20.3 Å². The topological polar surface area (TPSA) is 69.6 Å². The first-order valence-corrected chi connectivity index (χ1v) is 6.79. The Morgan fingerprint density at radius 1 is 1.37 bits per heavy atom. The smallest absolute Gasteiger partial charge is 0.183 e.